The van der Waals surface area contributed by atoms with Gasteiger partial charge in [0.2, 0.25) is 5.91 Å². The van der Waals surface area contributed by atoms with Crippen LogP contribution in [0.3, 0.4) is 0 Å². The Bertz CT molecular complexity index is 865. The molecule has 0 radical (unpaired) electrons. The van der Waals surface area contributed by atoms with Crippen LogP contribution >= 0.6 is 11.8 Å². The molecule has 0 fully saturated rings. The van der Waals surface area contributed by atoms with Crippen LogP contribution in [0.25, 0.3) is 0 Å². The van der Waals surface area contributed by atoms with Crippen molar-refractivity contribution >= 4 is 35.2 Å². The van der Waals surface area contributed by atoms with E-state index in [2.05, 4.69) is 22.2 Å². The normalized spacial score (nSPS) is 11.4. The average molecular weight is 402 g/mol. The minimum Gasteiger partial charge on any atom is -0.449 e. The number of ether oxygens (including phenoxy) is 1. The summed E-state index contributed by atoms with van der Waals surface area (Å²) in [5, 5.41) is 5.96. The number of nitrogens with one attached hydrogen (secondary N) is 2. The van der Waals surface area contributed by atoms with Crippen LogP contribution in [0.4, 0.5) is 5.69 Å². The molecule has 0 aliphatic heterocycles. The Labute approximate surface area is 167 Å². The van der Waals surface area contributed by atoms with Gasteiger partial charge in [0.1, 0.15) is 0 Å². The molecular formula is C19H22N4O4S. The molecule has 2 amide bonds. The maximum atomic E-state index is 12.4. The molecule has 0 spiro atoms. The van der Waals surface area contributed by atoms with Gasteiger partial charge in [-0.2, -0.15) is 0 Å². The number of imidazole rings is 1. The van der Waals surface area contributed by atoms with Gasteiger partial charge in [0, 0.05) is 26.0 Å². The number of thioether (sulfide) groups is 1. The van der Waals surface area contributed by atoms with Gasteiger partial charge in [0.05, 0.1) is 17.0 Å². The number of esters is 1. The molecule has 0 saturated carbocycles. The van der Waals surface area contributed by atoms with Gasteiger partial charge < -0.3 is 19.9 Å². The second kappa shape index (κ2) is 10.3. The van der Waals surface area contributed by atoms with Crippen LogP contribution in [0.15, 0.2) is 54.5 Å². The van der Waals surface area contributed by atoms with Gasteiger partial charge >= 0.3 is 5.97 Å². The molecule has 0 aliphatic carbocycles. The van der Waals surface area contributed by atoms with Crippen LogP contribution in [0.1, 0.15) is 17.3 Å². The zero-order chi connectivity index (χ0) is 20.5. The highest BCUT2D eigenvalue weighted by atomic mass is 32.2. The molecule has 0 aliphatic rings. The number of aryl methyl sites for hydroxylation is 1. The monoisotopic (exact) mass is 402 g/mol. The molecule has 2 aromatic rings. The lowest BCUT2D eigenvalue weighted by molar-refractivity contribution is -0.128. The number of amides is 2. The molecule has 148 valence electrons. The first-order chi connectivity index (χ1) is 13.4. The van der Waals surface area contributed by atoms with E-state index in [1.54, 1.807) is 30.6 Å². The smallest absolute Gasteiger partial charge is 0.341 e. The molecule has 28 heavy (non-hydrogen) atoms. The molecular weight excluding hydrogens is 380 g/mol. The van der Waals surface area contributed by atoms with E-state index in [4.69, 9.17) is 4.74 Å². The van der Waals surface area contributed by atoms with E-state index >= 15 is 0 Å². The number of benzene rings is 1. The Morgan fingerprint density at radius 1 is 1.36 bits per heavy atom. The summed E-state index contributed by atoms with van der Waals surface area (Å²) < 4.78 is 7.00. The number of carbonyl (C=O) groups excluding carboxylic acids is 3. The van der Waals surface area contributed by atoms with Gasteiger partial charge in [-0.05, 0) is 19.1 Å². The molecule has 2 N–H and O–H groups in total. The number of aromatic nitrogens is 2. The lowest BCUT2D eigenvalue weighted by atomic mass is 10.1. The topological polar surface area (TPSA) is 102 Å². The summed E-state index contributed by atoms with van der Waals surface area (Å²) >= 11 is 1.28. The van der Waals surface area contributed by atoms with E-state index in [-0.39, 0.29) is 23.8 Å². The summed E-state index contributed by atoms with van der Waals surface area (Å²) in [6.45, 7) is 5.26. The summed E-state index contributed by atoms with van der Waals surface area (Å²) in [5.74, 6) is -1.28. The fraction of sp³-hybridized carbons (Fsp3) is 0.263. The number of carbonyl (C=O) groups is 3. The van der Waals surface area contributed by atoms with E-state index in [0.717, 1.165) is 0 Å². The van der Waals surface area contributed by atoms with Crippen LogP contribution in [0.5, 0.6) is 0 Å². The van der Waals surface area contributed by atoms with Crippen molar-refractivity contribution in [3.63, 3.8) is 0 Å². The second-order valence-corrected chi connectivity index (χ2v) is 6.73. The Morgan fingerprint density at radius 2 is 2.11 bits per heavy atom. The number of anilines is 1. The van der Waals surface area contributed by atoms with Crippen LogP contribution < -0.4 is 10.6 Å². The van der Waals surface area contributed by atoms with Crippen molar-refractivity contribution in [1.29, 1.82) is 0 Å². The molecule has 1 aromatic carbocycles. The van der Waals surface area contributed by atoms with Gasteiger partial charge in [-0.15, -0.1) is 6.58 Å². The predicted octanol–water partition coefficient (Wildman–Crippen LogP) is 2.00. The van der Waals surface area contributed by atoms with Crippen molar-refractivity contribution in [1.82, 2.24) is 14.9 Å². The summed E-state index contributed by atoms with van der Waals surface area (Å²) in [6.07, 6.45) is 3.99. The van der Waals surface area contributed by atoms with E-state index in [0.29, 0.717) is 10.8 Å². The summed E-state index contributed by atoms with van der Waals surface area (Å²) in [6, 6.07) is 6.47. The maximum Gasteiger partial charge on any atom is 0.341 e. The number of rotatable bonds is 9. The van der Waals surface area contributed by atoms with Crippen molar-refractivity contribution in [2.75, 3.05) is 17.6 Å². The van der Waals surface area contributed by atoms with Gasteiger partial charge in [-0.25, -0.2) is 9.78 Å². The van der Waals surface area contributed by atoms with Crippen molar-refractivity contribution in [3.8, 4) is 0 Å². The van der Waals surface area contributed by atoms with Crippen LogP contribution in [-0.4, -0.2) is 45.7 Å². The minimum atomic E-state index is -0.977. The van der Waals surface area contributed by atoms with E-state index in [9.17, 15) is 14.4 Å². The number of hydrogen-bond donors (Lipinski definition) is 2. The largest absolute Gasteiger partial charge is 0.449 e. The Balaban J connectivity index is 1.98. The third-order valence-corrected chi connectivity index (χ3v) is 4.66. The van der Waals surface area contributed by atoms with Crippen LogP contribution in [-0.2, 0) is 21.4 Å². The Hall–Kier alpha value is -3.07. The Morgan fingerprint density at radius 3 is 2.79 bits per heavy atom. The highest BCUT2D eigenvalue weighted by Crippen LogP contribution is 2.19. The number of para-hydroxylation sites is 1. The van der Waals surface area contributed by atoms with Gasteiger partial charge in [-0.1, -0.05) is 30.0 Å². The fourth-order valence-corrected chi connectivity index (χ4v) is 2.90. The standard InChI is InChI=1S/C19H22N4O4S/c1-4-9-20-17(25)13(2)27-18(26)14-7-5-6-8-15(14)22-16(24)12-28-19-21-10-11-23(19)3/h4-8,10-11,13H,1,9,12H2,2-3H3,(H,20,25)(H,22,24)/t13-/m1/s1. The molecule has 0 bridgehead atoms. The highest BCUT2D eigenvalue weighted by molar-refractivity contribution is 7.99. The molecule has 2 rings (SSSR count). The quantitative estimate of drug-likeness (QED) is 0.378. The zero-order valence-corrected chi connectivity index (χ0v) is 16.5. The van der Waals surface area contributed by atoms with Crippen molar-refractivity contribution in [2.45, 2.75) is 18.2 Å². The first-order valence-corrected chi connectivity index (χ1v) is 9.49. The molecule has 8 nitrogen and oxygen atoms in total. The van der Waals surface area contributed by atoms with Crippen molar-refractivity contribution in [2.24, 2.45) is 7.05 Å². The third-order valence-electron chi connectivity index (χ3n) is 3.60. The summed E-state index contributed by atoms with van der Waals surface area (Å²) in [4.78, 5) is 40.7. The first-order valence-electron chi connectivity index (χ1n) is 8.51. The number of hydrogen-bond acceptors (Lipinski definition) is 6. The second-order valence-electron chi connectivity index (χ2n) is 5.78. The fourth-order valence-electron chi connectivity index (χ4n) is 2.17. The molecule has 1 atom stereocenters. The van der Waals surface area contributed by atoms with E-state index < -0.39 is 18.0 Å². The summed E-state index contributed by atoms with van der Waals surface area (Å²) in [5.41, 5.74) is 0.484. The molecule has 1 heterocycles. The van der Waals surface area contributed by atoms with Crippen molar-refractivity contribution in [3.05, 3.63) is 54.9 Å². The summed E-state index contributed by atoms with van der Waals surface area (Å²) in [7, 11) is 1.84. The molecule has 1 aromatic heterocycles. The van der Waals surface area contributed by atoms with E-state index in [1.165, 1.54) is 30.8 Å². The lowest BCUT2D eigenvalue weighted by Gasteiger charge is -2.15. The minimum absolute atomic E-state index is 0.134. The highest BCUT2D eigenvalue weighted by Gasteiger charge is 2.21. The first kappa shape index (κ1) is 21.2. The lowest BCUT2D eigenvalue weighted by Crippen LogP contribution is -2.36. The molecule has 9 heteroatoms. The van der Waals surface area contributed by atoms with Crippen LogP contribution in [0, 0.1) is 0 Å². The molecule has 0 saturated heterocycles. The Kier molecular flexibility index (Phi) is 7.82. The van der Waals surface area contributed by atoms with Crippen molar-refractivity contribution < 1.29 is 19.1 Å². The SMILES string of the molecule is C=CCNC(=O)[C@@H](C)OC(=O)c1ccccc1NC(=O)CSc1nccn1C. The van der Waals surface area contributed by atoms with Gasteiger partial charge in [0.25, 0.3) is 5.91 Å². The van der Waals surface area contributed by atoms with E-state index in [1.807, 2.05) is 11.6 Å². The maximum absolute atomic E-state index is 12.4. The number of nitrogens with zero attached hydrogens (tertiary/aromatic N) is 2. The van der Waals surface area contributed by atoms with Crippen LogP contribution in [0.2, 0.25) is 0 Å². The molecule has 0 unspecified atom stereocenters. The third kappa shape index (κ3) is 5.98. The van der Waals surface area contributed by atoms with Gasteiger partial charge in [-0.3, -0.25) is 9.59 Å². The van der Waals surface area contributed by atoms with Gasteiger partial charge in [0.15, 0.2) is 11.3 Å². The average Bonchev–Trinajstić information content (AvgIpc) is 3.09. The zero-order valence-electron chi connectivity index (χ0n) is 15.7. The predicted molar refractivity (Wildman–Crippen MR) is 107 cm³/mol.